The van der Waals surface area contributed by atoms with Gasteiger partial charge in [-0.2, -0.15) is 0 Å². The number of anilines is 1. The van der Waals surface area contributed by atoms with Gasteiger partial charge in [0.1, 0.15) is 17.3 Å². The van der Waals surface area contributed by atoms with Gasteiger partial charge in [-0.25, -0.2) is 17.2 Å². The van der Waals surface area contributed by atoms with Crippen LogP contribution in [-0.4, -0.2) is 20.9 Å². The molecular weight excluding hydrogens is 362 g/mol. The molecule has 0 bridgehead atoms. The number of hydrogen-bond acceptors (Lipinski definition) is 3. The summed E-state index contributed by atoms with van der Waals surface area (Å²) in [5, 5.41) is 2.71. The van der Waals surface area contributed by atoms with E-state index in [1.165, 1.54) is 18.2 Å². The van der Waals surface area contributed by atoms with E-state index >= 15 is 0 Å². The Morgan fingerprint density at radius 1 is 1.12 bits per heavy atom. The van der Waals surface area contributed by atoms with Crippen LogP contribution in [0.5, 0.6) is 0 Å². The summed E-state index contributed by atoms with van der Waals surface area (Å²) in [5.74, 6) is -2.24. The van der Waals surface area contributed by atoms with Crippen molar-refractivity contribution in [3.05, 3.63) is 59.2 Å². The average molecular weight is 382 g/mol. The fourth-order valence-electron chi connectivity index (χ4n) is 2.19. The van der Waals surface area contributed by atoms with E-state index in [4.69, 9.17) is 0 Å². The van der Waals surface area contributed by atoms with E-state index in [2.05, 4.69) is 5.32 Å². The molecule has 2 rings (SSSR count). The average Bonchev–Trinajstić information content (AvgIpc) is 2.56. The van der Waals surface area contributed by atoms with Crippen LogP contribution in [0.2, 0.25) is 0 Å². The second-order valence-electron chi connectivity index (χ2n) is 6.28. The van der Waals surface area contributed by atoms with Gasteiger partial charge in [-0.05, 0) is 42.7 Å². The lowest BCUT2D eigenvalue weighted by Crippen LogP contribution is -2.28. The minimum Gasteiger partial charge on any atom is -0.352 e. The van der Waals surface area contributed by atoms with Crippen LogP contribution < -0.4 is 10.0 Å². The molecule has 5 nitrogen and oxygen atoms in total. The summed E-state index contributed by atoms with van der Waals surface area (Å²) in [6.07, 6.45) is 0. The van der Waals surface area contributed by atoms with E-state index in [-0.39, 0.29) is 16.4 Å². The molecular formula is C18H20F2N2O3S. The van der Waals surface area contributed by atoms with Gasteiger partial charge in [0, 0.05) is 12.1 Å². The predicted octanol–water partition coefficient (Wildman–Crippen LogP) is 3.46. The Morgan fingerprint density at radius 2 is 1.73 bits per heavy atom. The van der Waals surface area contributed by atoms with Crippen molar-refractivity contribution in [2.45, 2.75) is 25.7 Å². The van der Waals surface area contributed by atoms with E-state index in [1.807, 2.05) is 18.6 Å². The maximum absolute atomic E-state index is 13.7. The highest BCUT2D eigenvalue weighted by Crippen LogP contribution is 2.23. The summed E-state index contributed by atoms with van der Waals surface area (Å²) in [6.45, 7) is 5.97. The van der Waals surface area contributed by atoms with E-state index in [0.29, 0.717) is 12.1 Å². The molecule has 2 N–H and O–H groups in total. The first-order valence-corrected chi connectivity index (χ1v) is 9.46. The lowest BCUT2D eigenvalue weighted by Gasteiger charge is -2.13. The van der Waals surface area contributed by atoms with Crippen LogP contribution in [0.3, 0.4) is 0 Å². The van der Waals surface area contributed by atoms with Crippen molar-refractivity contribution in [2.24, 2.45) is 5.92 Å². The van der Waals surface area contributed by atoms with Gasteiger partial charge in [0.2, 0.25) is 0 Å². The van der Waals surface area contributed by atoms with Gasteiger partial charge >= 0.3 is 0 Å². The van der Waals surface area contributed by atoms with Crippen molar-refractivity contribution in [1.82, 2.24) is 5.32 Å². The molecule has 26 heavy (non-hydrogen) atoms. The smallest absolute Gasteiger partial charge is 0.262 e. The van der Waals surface area contributed by atoms with E-state index in [0.717, 1.165) is 18.2 Å². The molecule has 0 aliphatic heterocycles. The number of rotatable bonds is 6. The molecule has 0 saturated carbocycles. The maximum Gasteiger partial charge on any atom is 0.262 e. The molecule has 0 heterocycles. The number of halogens is 2. The minimum atomic E-state index is -4.27. The lowest BCUT2D eigenvalue weighted by molar-refractivity contribution is 0.0948. The van der Waals surface area contributed by atoms with Gasteiger partial charge in [0.15, 0.2) is 0 Å². The zero-order chi connectivity index (χ0) is 19.5. The van der Waals surface area contributed by atoms with Crippen LogP contribution in [0.25, 0.3) is 0 Å². The monoisotopic (exact) mass is 382 g/mol. The second kappa shape index (κ2) is 7.82. The van der Waals surface area contributed by atoms with Crippen LogP contribution in [-0.2, 0) is 10.0 Å². The van der Waals surface area contributed by atoms with Gasteiger partial charge in [0.25, 0.3) is 15.9 Å². The fourth-order valence-corrected chi connectivity index (χ4v) is 3.30. The van der Waals surface area contributed by atoms with Crippen molar-refractivity contribution in [3.63, 3.8) is 0 Å². The second-order valence-corrected chi connectivity index (χ2v) is 7.97. The number of sulfonamides is 1. The Labute approximate surface area is 151 Å². The molecule has 0 aromatic heterocycles. The molecule has 0 radical (unpaired) electrons. The number of hydrogen-bond donors (Lipinski definition) is 2. The normalized spacial score (nSPS) is 11.5. The van der Waals surface area contributed by atoms with Crippen LogP contribution in [0.15, 0.2) is 41.3 Å². The summed E-state index contributed by atoms with van der Waals surface area (Å²) in [6, 6.07) is 6.95. The standard InChI is InChI=1S/C18H20F2N2O3S/c1-11(2)10-21-18(23)14-9-13(8-7-12(14)3)26(24,25)22-17-15(19)5-4-6-16(17)20/h4-9,11,22H,10H2,1-3H3,(H,21,23). The fraction of sp³-hybridized carbons (Fsp3) is 0.278. The molecule has 0 spiro atoms. The number of para-hydroxylation sites is 1. The molecule has 0 aliphatic carbocycles. The molecule has 8 heteroatoms. The topological polar surface area (TPSA) is 75.3 Å². The number of amides is 1. The summed E-state index contributed by atoms with van der Waals surface area (Å²) < 4.78 is 54.3. The molecule has 2 aromatic rings. The van der Waals surface area contributed by atoms with E-state index in [1.54, 1.807) is 6.92 Å². The van der Waals surface area contributed by atoms with Gasteiger partial charge in [-0.15, -0.1) is 0 Å². The van der Waals surface area contributed by atoms with Gasteiger partial charge < -0.3 is 5.32 Å². The van der Waals surface area contributed by atoms with Crippen molar-refractivity contribution in [2.75, 3.05) is 11.3 Å². The molecule has 0 saturated heterocycles. The minimum absolute atomic E-state index is 0.183. The largest absolute Gasteiger partial charge is 0.352 e. The highest BCUT2D eigenvalue weighted by molar-refractivity contribution is 7.92. The highest BCUT2D eigenvalue weighted by atomic mass is 32.2. The molecule has 2 aromatic carbocycles. The third kappa shape index (κ3) is 4.57. The van der Waals surface area contributed by atoms with E-state index < -0.39 is 33.3 Å². The van der Waals surface area contributed by atoms with Gasteiger partial charge in [-0.3, -0.25) is 9.52 Å². The quantitative estimate of drug-likeness (QED) is 0.803. The number of benzene rings is 2. The Morgan fingerprint density at radius 3 is 2.31 bits per heavy atom. The van der Waals surface area contributed by atoms with Crippen LogP contribution in [0, 0.1) is 24.5 Å². The lowest BCUT2D eigenvalue weighted by atomic mass is 10.1. The van der Waals surface area contributed by atoms with Crippen LogP contribution in [0.4, 0.5) is 14.5 Å². The van der Waals surface area contributed by atoms with Crippen LogP contribution in [0.1, 0.15) is 29.8 Å². The van der Waals surface area contributed by atoms with Gasteiger partial charge in [0.05, 0.1) is 4.90 Å². The zero-order valence-electron chi connectivity index (χ0n) is 14.6. The number of aryl methyl sites for hydroxylation is 1. The molecule has 1 amide bonds. The predicted molar refractivity (Wildman–Crippen MR) is 95.5 cm³/mol. The summed E-state index contributed by atoms with van der Waals surface area (Å²) in [7, 11) is -4.27. The van der Waals surface area contributed by atoms with Crippen molar-refractivity contribution in [1.29, 1.82) is 0 Å². The first kappa shape index (κ1) is 19.8. The summed E-state index contributed by atoms with van der Waals surface area (Å²) in [5.41, 5.74) is 0.00342. The maximum atomic E-state index is 13.7. The van der Waals surface area contributed by atoms with Gasteiger partial charge in [-0.1, -0.05) is 26.0 Å². The highest BCUT2D eigenvalue weighted by Gasteiger charge is 2.21. The van der Waals surface area contributed by atoms with Crippen molar-refractivity contribution >= 4 is 21.6 Å². The zero-order valence-corrected chi connectivity index (χ0v) is 15.5. The number of carbonyl (C=O) groups is 1. The Kier molecular flexibility index (Phi) is 5.97. The van der Waals surface area contributed by atoms with E-state index in [9.17, 15) is 22.0 Å². The number of carbonyl (C=O) groups excluding carboxylic acids is 1. The van der Waals surface area contributed by atoms with Crippen molar-refractivity contribution in [3.8, 4) is 0 Å². The number of nitrogens with one attached hydrogen (secondary N) is 2. The Bertz CT molecular complexity index is 908. The first-order valence-electron chi connectivity index (χ1n) is 7.97. The Balaban J connectivity index is 2.35. The third-order valence-corrected chi connectivity index (χ3v) is 4.98. The summed E-state index contributed by atoms with van der Waals surface area (Å²) in [4.78, 5) is 12.0. The first-order chi connectivity index (χ1) is 12.1. The third-order valence-electron chi connectivity index (χ3n) is 3.63. The Hall–Kier alpha value is -2.48. The van der Waals surface area contributed by atoms with Crippen LogP contribution >= 0.6 is 0 Å². The van der Waals surface area contributed by atoms with Crippen molar-refractivity contribution < 1.29 is 22.0 Å². The molecule has 140 valence electrons. The molecule has 0 fully saturated rings. The SMILES string of the molecule is Cc1ccc(S(=O)(=O)Nc2c(F)cccc2F)cc1C(=O)NCC(C)C. The summed E-state index contributed by atoms with van der Waals surface area (Å²) >= 11 is 0. The molecule has 0 unspecified atom stereocenters. The molecule has 0 aliphatic rings. The molecule has 0 atom stereocenters.